The predicted molar refractivity (Wildman–Crippen MR) is 88.6 cm³/mol. The minimum atomic E-state index is -0.816. The highest BCUT2D eigenvalue weighted by Crippen LogP contribution is 2.49. The molecular weight excluding hydrogens is 278 g/mol. The molecule has 3 unspecified atom stereocenters. The number of likely N-dealkylation sites (tertiary alicyclic amines) is 1. The zero-order chi connectivity index (χ0) is 16.4. The van der Waals surface area contributed by atoms with Gasteiger partial charge in [0.25, 0.3) is 0 Å². The second-order valence-electron chi connectivity index (χ2n) is 7.58. The molecule has 0 bridgehead atoms. The van der Waals surface area contributed by atoms with Crippen molar-refractivity contribution in [3.05, 3.63) is 0 Å². The molecule has 128 valence electrons. The Morgan fingerprint density at radius 3 is 2.55 bits per heavy atom. The summed E-state index contributed by atoms with van der Waals surface area (Å²) in [5, 5.41) is 3.13. The summed E-state index contributed by atoms with van der Waals surface area (Å²) in [6.07, 6.45) is 4.55. The van der Waals surface area contributed by atoms with Crippen LogP contribution < -0.4 is 11.1 Å². The first kappa shape index (κ1) is 17.7. The SMILES string of the molecule is CCOC1CC(N)(C(=O)NC(C)CN2CCCCC2)C1(C)C. The molecule has 5 nitrogen and oxygen atoms in total. The van der Waals surface area contributed by atoms with Crippen LogP contribution in [0.3, 0.4) is 0 Å². The monoisotopic (exact) mass is 311 g/mol. The summed E-state index contributed by atoms with van der Waals surface area (Å²) in [5.74, 6) is -0.0297. The number of nitrogens with one attached hydrogen (secondary N) is 1. The highest BCUT2D eigenvalue weighted by Gasteiger charge is 2.62. The second-order valence-corrected chi connectivity index (χ2v) is 7.58. The predicted octanol–water partition coefficient (Wildman–Crippen LogP) is 1.51. The molecule has 2 fully saturated rings. The Labute approximate surface area is 134 Å². The van der Waals surface area contributed by atoms with Gasteiger partial charge in [-0.15, -0.1) is 0 Å². The zero-order valence-electron chi connectivity index (χ0n) is 14.7. The van der Waals surface area contributed by atoms with Crippen LogP contribution in [0.5, 0.6) is 0 Å². The van der Waals surface area contributed by atoms with Crippen molar-refractivity contribution in [3.8, 4) is 0 Å². The van der Waals surface area contributed by atoms with E-state index in [2.05, 4.69) is 17.1 Å². The van der Waals surface area contributed by atoms with Crippen LogP contribution in [-0.2, 0) is 9.53 Å². The van der Waals surface area contributed by atoms with Crippen LogP contribution in [0.2, 0.25) is 0 Å². The summed E-state index contributed by atoms with van der Waals surface area (Å²) in [5.41, 5.74) is 5.28. The molecule has 0 spiro atoms. The van der Waals surface area contributed by atoms with E-state index in [4.69, 9.17) is 10.5 Å². The van der Waals surface area contributed by atoms with E-state index >= 15 is 0 Å². The van der Waals surface area contributed by atoms with Crippen molar-refractivity contribution >= 4 is 5.91 Å². The fourth-order valence-electron chi connectivity index (χ4n) is 3.75. The van der Waals surface area contributed by atoms with Crippen LogP contribution in [0.25, 0.3) is 0 Å². The van der Waals surface area contributed by atoms with Gasteiger partial charge >= 0.3 is 0 Å². The molecule has 1 saturated heterocycles. The third kappa shape index (κ3) is 3.31. The topological polar surface area (TPSA) is 67.6 Å². The van der Waals surface area contributed by atoms with E-state index in [1.807, 2.05) is 20.8 Å². The van der Waals surface area contributed by atoms with E-state index < -0.39 is 5.54 Å². The van der Waals surface area contributed by atoms with Crippen LogP contribution in [0.1, 0.15) is 53.4 Å². The average molecular weight is 311 g/mol. The minimum absolute atomic E-state index is 0.0297. The summed E-state index contributed by atoms with van der Waals surface area (Å²) in [6.45, 7) is 12.0. The van der Waals surface area contributed by atoms with Crippen LogP contribution in [-0.4, -0.2) is 54.7 Å². The standard InChI is InChI=1S/C17H33N3O2/c1-5-22-14-11-17(18,16(14,3)4)15(21)19-13(2)12-20-9-7-6-8-10-20/h13-14H,5-12,18H2,1-4H3,(H,19,21). The van der Waals surface area contributed by atoms with E-state index in [1.165, 1.54) is 19.3 Å². The lowest BCUT2D eigenvalue weighted by atomic mass is 9.54. The maximum absolute atomic E-state index is 12.7. The third-order valence-corrected chi connectivity index (χ3v) is 5.59. The summed E-state index contributed by atoms with van der Waals surface area (Å²) < 4.78 is 5.70. The molecule has 1 aliphatic carbocycles. The molecule has 5 heteroatoms. The van der Waals surface area contributed by atoms with E-state index in [0.717, 1.165) is 19.6 Å². The van der Waals surface area contributed by atoms with Crippen molar-refractivity contribution in [1.29, 1.82) is 0 Å². The fourth-order valence-corrected chi connectivity index (χ4v) is 3.75. The molecule has 2 rings (SSSR count). The van der Waals surface area contributed by atoms with Crippen LogP contribution in [0, 0.1) is 5.41 Å². The van der Waals surface area contributed by atoms with Crippen molar-refractivity contribution in [2.45, 2.75) is 71.1 Å². The molecule has 22 heavy (non-hydrogen) atoms. The first-order valence-electron chi connectivity index (χ1n) is 8.75. The van der Waals surface area contributed by atoms with Gasteiger partial charge in [-0.05, 0) is 39.8 Å². The Balaban J connectivity index is 1.86. The molecular formula is C17H33N3O2. The minimum Gasteiger partial charge on any atom is -0.378 e. The first-order valence-corrected chi connectivity index (χ1v) is 8.75. The van der Waals surface area contributed by atoms with Gasteiger partial charge in [0.1, 0.15) is 5.54 Å². The molecule has 1 saturated carbocycles. The summed E-state index contributed by atoms with van der Waals surface area (Å²) in [6, 6.07) is 0.132. The summed E-state index contributed by atoms with van der Waals surface area (Å²) in [7, 11) is 0. The summed E-state index contributed by atoms with van der Waals surface area (Å²) in [4.78, 5) is 15.1. The molecule has 3 N–H and O–H groups in total. The van der Waals surface area contributed by atoms with Crippen molar-refractivity contribution in [2.75, 3.05) is 26.2 Å². The highest BCUT2D eigenvalue weighted by atomic mass is 16.5. The van der Waals surface area contributed by atoms with Crippen LogP contribution in [0.4, 0.5) is 0 Å². The molecule has 0 aromatic carbocycles. The van der Waals surface area contributed by atoms with Gasteiger partial charge in [-0.3, -0.25) is 4.79 Å². The van der Waals surface area contributed by atoms with Gasteiger partial charge in [-0.1, -0.05) is 20.3 Å². The van der Waals surface area contributed by atoms with Gasteiger partial charge in [0.2, 0.25) is 5.91 Å². The molecule has 0 radical (unpaired) electrons. The molecule has 0 aromatic rings. The maximum Gasteiger partial charge on any atom is 0.241 e. The van der Waals surface area contributed by atoms with Gasteiger partial charge in [0.05, 0.1) is 6.10 Å². The molecule has 2 aliphatic rings. The number of piperidine rings is 1. The number of carbonyl (C=O) groups excluding carboxylic acids is 1. The molecule has 1 heterocycles. The maximum atomic E-state index is 12.7. The van der Waals surface area contributed by atoms with Gasteiger partial charge in [0, 0.05) is 31.0 Å². The largest absolute Gasteiger partial charge is 0.378 e. The van der Waals surface area contributed by atoms with Crippen molar-refractivity contribution in [1.82, 2.24) is 10.2 Å². The number of hydrogen-bond donors (Lipinski definition) is 2. The normalized spacial score (nSPS) is 33.0. The second kappa shape index (κ2) is 6.85. The van der Waals surface area contributed by atoms with Gasteiger partial charge in [-0.2, -0.15) is 0 Å². The third-order valence-electron chi connectivity index (χ3n) is 5.59. The Bertz CT molecular complexity index is 393. The lowest BCUT2D eigenvalue weighted by Gasteiger charge is -2.57. The lowest BCUT2D eigenvalue weighted by Crippen LogP contribution is -2.76. The first-order chi connectivity index (χ1) is 10.3. The lowest BCUT2D eigenvalue weighted by molar-refractivity contribution is -0.171. The van der Waals surface area contributed by atoms with Crippen molar-refractivity contribution in [2.24, 2.45) is 11.1 Å². The quantitative estimate of drug-likeness (QED) is 0.780. The summed E-state index contributed by atoms with van der Waals surface area (Å²) >= 11 is 0. The average Bonchev–Trinajstić information content (AvgIpc) is 2.47. The van der Waals surface area contributed by atoms with Crippen molar-refractivity contribution < 1.29 is 9.53 Å². The number of nitrogens with zero attached hydrogens (tertiary/aromatic N) is 1. The van der Waals surface area contributed by atoms with E-state index in [9.17, 15) is 4.79 Å². The van der Waals surface area contributed by atoms with Crippen molar-refractivity contribution in [3.63, 3.8) is 0 Å². The van der Waals surface area contributed by atoms with Gasteiger partial charge in [-0.25, -0.2) is 0 Å². The van der Waals surface area contributed by atoms with E-state index in [0.29, 0.717) is 13.0 Å². The molecule has 3 atom stereocenters. The number of rotatable bonds is 6. The van der Waals surface area contributed by atoms with Crippen LogP contribution in [0.15, 0.2) is 0 Å². The Morgan fingerprint density at radius 2 is 2.00 bits per heavy atom. The number of nitrogens with two attached hydrogens (primary N) is 1. The molecule has 0 aromatic heterocycles. The fraction of sp³-hybridized carbons (Fsp3) is 0.941. The Morgan fingerprint density at radius 1 is 1.36 bits per heavy atom. The number of ether oxygens (including phenoxy) is 1. The number of amides is 1. The van der Waals surface area contributed by atoms with E-state index in [1.54, 1.807) is 0 Å². The number of hydrogen-bond acceptors (Lipinski definition) is 4. The Hall–Kier alpha value is -0.650. The number of carbonyl (C=O) groups is 1. The highest BCUT2D eigenvalue weighted by molar-refractivity contribution is 5.89. The van der Waals surface area contributed by atoms with Crippen LogP contribution >= 0.6 is 0 Å². The zero-order valence-corrected chi connectivity index (χ0v) is 14.7. The van der Waals surface area contributed by atoms with Gasteiger partial charge < -0.3 is 20.7 Å². The van der Waals surface area contributed by atoms with Gasteiger partial charge in [0.15, 0.2) is 0 Å². The smallest absolute Gasteiger partial charge is 0.241 e. The molecule has 1 aliphatic heterocycles. The Kier molecular flexibility index (Phi) is 5.51. The molecule has 1 amide bonds. The van der Waals surface area contributed by atoms with E-state index in [-0.39, 0.29) is 23.5 Å².